The maximum atomic E-state index is 12.8. The van der Waals surface area contributed by atoms with Gasteiger partial charge in [0.1, 0.15) is 0 Å². The molecule has 9 heteroatoms. The van der Waals surface area contributed by atoms with Crippen molar-refractivity contribution in [1.82, 2.24) is 5.43 Å². The van der Waals surface area contributed by atoms with E-state index in [1.807, 2.05) is 11.5 Å². The Morgan fingerprint density at radius 3 is 2.17 bits per heavy atom. The molecular weight excluding hydrogens is 385 g/mol. The number of rotatable bonds is 6. The maximum Gasteiger partial charge on any atom is 0.416 e. The van der Waals surface area contributed by atoms with Crippen LogP contribution in [0, 0.1) is 16.7 Å². The number of para-hydroxylation sites is 1. The molecule has 2 aromatic rings. The van der Waals surface area contributed by atoms with Crippen molar-refractivity contribution in [2.45, 2.75) is 26.4 Å². The molecule has 0 aliphatic rings. The number of carbonyl (C=O) groups is 2. The second-order valence-electron chi connectivity index (χ2n) is 7.00. The predicted octanol–water partition coefficient (Wildman–Crippen LogP) is 4.18. The summed E-state index contributed by atoms with van der Waals surface area (Å²) in [5.41, 5.74) is 0.691. The van der Waals surface area contributed by atoms with Gasteiger partial charge in [-0.15, -0.1) is 0 Å². The highest BCUT2D eigenvalue weighted by Gasteiger charge is 2.30. The Morgan fingerprint density at radius 2 is 1.66 bits per heavy atom. The summed E-state index contributed by atoms with van der Waals surface area (Å²) >= 11 is 0. The van der Waals surface area contributed by atoms with Gasteiger partial charge in [0.05, 0.1) is 28.3 Å². The number of Topliss-reactive ketones (excluding diaryl/α,β-unsaturated/α-hetero) is 1. The van der Waals surface area contributed by atoms with E-state index in [-0.39, 0.29) is 28.9 Å². The summed E-state index contributed by atoms with van der Waals surface area (Å²) in [7, 11) is 0. The zero-order valence-corrected chi connectivity index (χ0v) is 15.7. The van der Waals surface area contributed by atoms with Crippen LogP contribution in [0.2, 0.25) is 0 Å². The van der Waals surface area contributed by atoms with Crippen LogP contribution < -0.4 is 16.6 Å². The van der Waals surface area contributed by atoms with Crippen LogP contribution in [-0.2, 0) is 6.18 Å². The third-order valence-electron chi connectivity index (χ3n) is 4.13. The molecular formula is C20H19F3N4O2. The van der Waals surface area contributed by atoms with Gasteiger partial charge in [0.15, 0.2) is 5.78 Å². The topological polar surface area (TPSA) is 108 Å². The number of nitrogens with one attached hydrogen (secondary N) is 2. The first kappa shape index (κ1) is 21.9. The van der Waals surface area contributed by atoms with Crippen LogP contribution in [0.5, 0.6) is 0 Å². The standard InChI is InChI=1S/C20H19F3N4O2/c1-19(2,11-24)10-16(28)14-4-3-5-15(18(29)27-25)17(14)26-13-8-6-12(7-9-13)20(21,22)23/h3-9,26H,10,25H2,1-2H3,(H,27,29). The minimum absolute atomic E-state index is 0.0352. The van der Waals surface area contributed by atoms with Crippen molar-refractivity contribution in [3.8, 4) is 6.07 Å². The van der Waals surface area contributed by atoms with Gasteiger partial charge < -0.3 is 5.32 Å². The lowest BCUT2D eigenvalue weighted by atomic mass is 9.86. The van der Waals surface area contributed by atoms with Gasteiger partial charge in [-0.2, -0.15) is 18.4 Å². The highest BCUT2D eigenvalue weighted by Crippen LogP contribution is 2.33. The normalized spacial score (nSPS) is 11.5. The van der Waals surface area contributed by atoms with E-state index in [0.717, 1.165) is 12.1 Å². The Labute approximate surface area is 165 Å². The van der Waals surface area contributed by atoms with Crippen LogP contribution in [-0.4, -0.2) is 11.7 Å². The molecule has 0 fully saturated rings. The third-order valence-corrected chi connectivity index (χ3v) is 4.13. The van der Waals surface area contributed by atoms with Crippen molar-refractivity contribution in [1.29, 1.82) is 5.26 Å². The number of ketones is 1. The molecule has 0 heterocycles. The van der Waals surface area contributed by atoms with Crippen molar-refractivity contribution in [3.63, 3.8) is 0 Å². The molecule has 0 aliphatic carbocycles. The average Bonchev–Trinajstić information content (AvgIpc) is 2.66. The van der Waals surface area contributed by atoms with E-state index in [1.165, 1.54) is 30.3 Å². The fraction of sp³-hybridized carbons (Fsp3) is 0.250. The molecule has 0 bridgehead atoms. The molecule has 0 saturated heterocycles. The second kappa shape index (κ2) is 8.32. The minimum atomic E-state index is -4.49. The van der Waals surface area contributed by atoms with Gasteiger partial charge in [0.2, 0.25) is 0 Å². The highest BCUT2D eigenvalue weighted by atomic mass is 19.4. The molecule has 152 valence electrons. The summed E-state index contributed by atoms with van der Waals surface area (Å²) in [5, 5.41) is 12.0. The number of nitriles is 1. The molecule has 0 aliphatic heterocycles. The van der Waals surface area contributed by atoms with E-state index in [2.05, 4.69) is 5.32 Å². The molecule has 0 saturated carbocycles. The molecule has 6 nitrogen and oxygen atoms in total. The SMILES string of the molecule is CC(C)(C#N)CC(=O)c1cccc(C(=O)NN)c1Nc1ccc(C(F)(F)F)cc1. The van der Waals surface area contributed by atoms with Crippen LogP contribution in [0.3, 0.4) is 0 Å². The van der Waals surface area contributed by atoms with Crippen LogP contribution in [0.4, 0.5) is 24.5 Å². The van der Waals surface area contributed by atoms with Crippen molar-refractivity contribution < 1.29 is 22.8 Å². The fourth-order valence-corrected chi connectivity index (χ4v) is 2.61. The summed E-state index contributed by atoms with van der Waals surface area (Å²) in [6, 6.07) is 10.5. The van der Waals surface area contributed by atoms with Gasteiger partial charge in [0.25, 0.3) is 5.91 Å². The van der Waals surface area contributed by atoms with Gasteiger partial charge in [-0.05, 0) is 50.2 Å². The Kier molecular flexibility index (Phi) is 6.29. The first-order valence-electron chi connectivity index (χ1n) is 8.51. The van der Waals surface area contributed by atoms with Gasteiger partial charge >= 0.3 is 6.18 Å². The number of benzene rings is 2. The summed E-state index contributed by atoms with van der Waals surface area (Å²) < 4.78 is 38.3. The molecule has 1 amide bonds. The smallest absolute Gasteiger partial charge is 0.354 e. The molecule has 29 heavy (non-hydrogen) atoms. The number of anilines is 2. The monoisotopic (exact) mass is 404 g/mol. The first-order valence-corrected chi connectivity index (χ1v) is 8.51. The zero-order valence-electron chi connectivity index (χ0n) is 15.7. The van der Waals surface area contributed by atoms with Gasteiger partial charge in [0, 0.05) is 17.7 Å². The largest absolute Gasteiger partial charge is 0.416 e. The third kappa shape index (κ3) is 5.33. The Balaban J connectivity index is 2.49. The summed E-state index contributed by atoms with van der Waals surface area (Å²) in [4.78, 5) is 24.9. The quantitative estimate of drug-likeness (QED) is 0.290. The molecule has 0 unspecified atom stereocenters. The molecule has 0 radical (unpaired) electrons. The number of halogens is 3. The molecule has 0 spiro atoms. The summed E-state index contributed by atoms with van der Waals surface area (Å²) in [5.74, 6) is 4.11. The molecule has 0 aromatic heterocycles. The molecule has 2 rings (SSSR count). The van der Waals surface area contributed by atoms with E-state index in [0.29, 0.717) is 0 Å². The lowest BCUT2D eigenvalue weighted by molar-refractivity contribution is -0.137. The number of hydrazine groups is 1. The van der Waals surface area contributed by atoms with E-state index in [1.54, 1.807) is 13.8 Å². The number of nitrogen functional groups attached to an aromatic ring is 1. The lowest BCUT2D eigenvalue weighted by Gasteiger charge is -2.19. The first-order chi connectivity index (χ1) is 13.5. The Bertz CT molecular complexity index is 961. The highest BCUT2D eigenvalue weighted by molar-refractivity contribution is 6.09. The van der Waals surface area contributed by atoms with E-state index in [4.69, 9.17) is 5.84 Å². The van der Waals surface area contributed by atoms with Crippen molar-refractivity contribution >= 4 is 23.1 Å². The number of carbonyl (C=O) groups excluding carboxylic acids is 2. The van der Waals surface area contributed by atoms with E-state index >= 15 is 0 Å². The average molecular weight is 404 g/mol. The number of alkyl halides is 3. The number of nitrogens with two attached hydrogens (primary N) is 1. The maximum absolute atomic E-state index is 12.8. The summed E-state index contributed by atoms with van der Waals surface area (Å²) in [6.07, 6.45) is -4.60. The fourth-order valence-electron chi connectivity index (χ4n) is 2.61. The Hall–Kier alpha value is -3.38. The molecule has 2 aromatic carbocycles. The van der Waals surface area contributed by atoms with E-state index in [9.17, 15) is 28.0 Å². The summed E-state index contributed by atoms with van der Waals surface area (Å²) in [6.45, 7) is 3.20. The van der Waals surface area contributed by atoms with Crippen LogP contribution >= 0.6 is 0 Å². The number of nitrogens with zero attached hydrogens (tertiary/aromatic N) is 1. The van der Waals surface area contributed by atoms with Crippen molar-refractivity contribution in [2.24, 2.45) is 11.3 Å². The van der Waals surface area contributed by atoms with Gasteiger partial charge in [-0.1, -0.05) is 6.07 Å². The zero-order chi connectivity index (χ0) is 21.8. The van der Waals surface area contributed by atoms with Crippen molar-refractivity contribution in [2.75, 3.05) is 5.32 Å². The Morgan fingerprint density at radius 1 is 1.07 bits per heavy atom. The number of amides is 1. The van der Waals surface area contributed by atoms with Crippen LogP contribution in [0.25, 0.3) is 0 Å². The van der Waals surface area contributed by atoms with Crippen LogP contribution in [0.1, 0.15) is 46.5 Å². The van der Waals surface area contributed by atoms with Crippen molar-refractivity contribution in [3.05, 3.63) is 59.2 Å². The van der Waals surface area contributed by atoms with Gasteiger partial charge in [-0.25, -0.2) is 5.84 Å². The predicted molar refractivity (Wildman–Crippen MR) is 101 cm³/mol. The number of hydrogen-bond donors (Lipinski definition) is 3. The van der Waals surface area contributed by atoms with E-state index < -0.39 is 28.8 Å². The number of hydrogen-bond acceptors (Lipinski definition) is 5. The van der Waals surface area contributed by atoms with Crippen LogP contribution in [0.15, 0.2) is 42.5 Å². The van der Waals surface area contributed by atoms with Gasteiger partial charge in [-0.3, -0.25) is 15.0 Å². The minimum Gasteiger partial charge on any atom is -0.354 e. The lowest BCUT2D eigenvalue weighted by Crippen LogP contribution is -2.31. The molecule has 4 N–H and O–H groups in total. The molecule has 0 atom stereocenters. The second-order valence-corrected chi connectivity index (χ2v) is 7.00.